The molecule has 0 aliphatic carbocycles. The Hall–Kier alpha value is -1.77. The number of hydrogen-bond acceptors (Lipinski definition) is 3. The summed E-state index contributed by atoms with van der Waals surface area (Å²) in [6.45, 7) is 1.95. The fourth-order valence-electron chi connectivity index (χ4n) is 1.67. The summed E-state index contributed by atoms with van der Waals surface area (Å²) in [5, 5.41) is 18.2. The predicted molar refractivity (Wildman–Crippen MR) is 81.1 cm³/mol. The summed E-state index contributed by atoms with van der Waals surface area (Å²) in [6.07, 6.45) is 0. The molecule has 0 heterocycles. The quantitative estimate of drug-likeness (QED) is 0.889. The first kappa shape index (κ1) is 14.6. The molecule has 0 fully saturated rings. The van der Waals surface area contributed by atoms with Crippen molar-refractivity contribution in [1.82, 2.24) is 0 Å². The number of aryl methyl sites for hydroxylation is 1. The molecule has 5 heteroatoms. The van der Waals surface area contributed by atoms with Crippen molar-refractivity contribution in [2.45, 2.75) is 16.7 Å². The number of hydrogen-bond donors (Lipinski definition) is 1. The third kappa shape index (κ3) is 3.21. The molecule has 20 heavy (non-hydrogen) atoms. The van der Waals surface area contributed by atoms with E-state index in [-0.39, 0.29) is 5.56 Å². The van der Waals surface area contributed by atoms with E-state index in [1.807, 2.05) is 25.1 Å². The summed E-state index contributed by atoms with van der Waals surface area (Å²) >= 11 is 4.60. The van der Waals surface area contributed by atoms with Gasteiger partial charge >= 0.3 is 5.97 Å². The van der Waals surface area contributed by atoms with Crippen LogP contribution in [0, 0.1) is 18.3 Å². The number of carboxylic acid groups (broad SMARTS) is 1. The van der Waals surface area contributed by atoms with E-state index in [0.717, 1.165) is 15.4 Å². The van der Waals surface area contributed by atoms with Gasteiger partial charge in [-0.15, -0.1) is 0 Å². The lowest BCUT2D eigenvalue weighted by Gasteiger charge is -2.07. The van der Waals surface area contributed by atoms with Crippen molar-refractivity contribution in [1.29, 1.82) is 5.26 Å². The lowest BCUT2D eigenvalue weighted by molar-refractivity contribution is 0.0695. The average Bonchev–Trinajstić information content (AvgIpc) is 2.41. The lowest BCUT2D eigenvalue weighted by Crippen LogP contribution is -1.97. The molecule has 0 amide bonds. The van der Waals surface area contributed by atoms with Crippen LogP contribution in [0.5, 0.6) is 0 Å². The second-order valence-electron chi connectivity index (χ2n) is 4.16. The van der Waals surface area contributed by atoms with Crippen molar-refractivity contribution in [2.24, 2.45) is 0 Å². The normalized spacial score (nSPS) is 10.1. The Morgan fingerprint density at radius 2 is 2.05 bits per heavy atom. The van der Waals surface area contributed by atoms with Gasteiger partial charge in [-0.05, 0) is 58.7 Å². The molecule has 3 nitrogen and oxygen atoms in total. The maximum Gasteiger partial charge on any atom is 0.336 e. The highest BCUT2D eigenvalue weighted by atomic mass is 79.9. The number of carbonyl (C=O) groups is 1. The predicted octanol–water partition coefficient (Wildman–Crippen LogP) is 4.48. The number of nitriles is 1. The summed E-state index contributed by atoms with van der Waals surface area (Å²) in [7, 11) is 0. The van der Waals surface area contributed by atoms with E-state index in [1.165, 1.54) is 11.8 Å². The van der Waals surface area contributed by atoms with E-state index in [0.29, 0.717) is 10.0 Å². The minimum absolute atomic E-state index is 0.209. The maximum atomic E-state index is 11.1. The number of aromatic carboxylic acids is 1. The summed E-state index contributed by atoms with van der Waals surface area (Å²) in [4.78, 5) is 12.7. The summed E-state index contributed by atoms with van der Waals surface area (Å²) in [6, 6.07) is 12.8. The molecule has 0 spiro atoms. The zero-order valence-electron chi connectivity index (χ0n) is 10.6. The van der Waals surface area contributed by atoms with Gasteiger partial charge in [0.15, 0.2) is 0 Å². The summed E-state index contributed by atoms with van der Waals surface area (Å²) in [5.74, 6) is -0.982. The van der Waals surface area contributed by atoms with Gasteiger partial charge in [-0.2, -0.15) is 5.26 Å². The van der Waals surface area contributed by atoms with E-state index in [2.05, 4.69) is 22.0 Å². The maximum absolute atomic E-state index is 11.1. The van der Waals surface area contributed by atoms with Gasteiger partial charge in [-0.3, -0.25) is 0 Å². The van der Waals surface area contributed by atoms with Crippen molar-refractivity contribution >= 4 is 33.7 Å². The van der Waals surface area contributed by atoms with E-state index in [4.69, 9.17) is 10.4 Å². The van der Waals surface area contributed by atoms with Crippen LogP contribution in [0.15, 0.2) is 50.7 Å². The second-order valence-corrected chi connectivity index (χ2v) is 6.13. The van der Waals surface area contributed by atoms with Gasteiger partial charge in [0.05, 0.1) is 11.1 Å². The van der Waals surface area contributed by atoms with Crippen LogP contribution in [0.1, 0.15) is 21.5 Å². The van der Waals surface area contributed by atoms with E-state index < -0.39 is 5.97 Å². The number of rotatable bonds is 3. The first-order valence-electron chi connectivity index (χ1n) is 5.72. The SMILES string of the molecule is Cc1ccc(C#N)c(Sc2ccc(Br)c(C(=O)O)c2)c1. The highest BCUT2D eigenvalue weighted by molar-refractivity contribution is 9.10. The molecule has 0 bridgehead atoms. The van der Waals surface area contributed by atoms with Crippen LogP contribution in [-0.4, -0.2) is 11.1 Å². The lowest BCUT2D eigenvalue weighted by atomic mass is 10.2. The van der Waals surface area contributed by atoms with E-state index in [1.54, 1.807) is 18.2 Å². The van der Waals surface area contributed by atoms with Crippen LogP contribution >= 0.6 is 27.7 Å². The minimum atomic E-state index is -0.982. The smallest absolute Gasteiger partial charge is 0.336 e. The van der Waals surface area contributed by atoms with Crippen LogP contribution < -0.4 is 0 Å². The van der Waals surface area contributed by atoms with Crippen LogP contribution in [0.2, 0.25) is 0 Å². The van der Waals surface area contributed by atoms with Crippen LogP contribution in [0.25, 0.3) is 0 Å². The van der Waals surface area contributed by atoms with Crippen molar-refractivity contribution < 1.29 is 9.90 Å². The summed E-state index contributed by atoms with van der Waals surface area (Å²) in [5.41, 5.74) is 1.85. The van der Waals surface area contributed by atoms with Crippen molar-refractivity contribution in [3.8, 4) is 6.07 Å². The Labute approximate surface area is 129 Å². The Kier molecular flexibility index (Phi) is 4.48. The standard InChI is InChI=1S/C15H10BrNO2S/c1-9-2-3-10(8-17)14(6-9)20-11-4-5-13(16)12(7-11)15(18)19/h2-7H,1H3,(H,18,19). The zero-order valence-corrected chi connectivity index (χ0v) is 13.0. The van der Waals surface area contributed by atoms with Gasteiger partial charge in [0.1, 0.15) is 6.07 Å². The molecule has 2 rings (SSSR count). The molecule has 0 saturated carbocycles. The summed E-state index contributed by atoms with van der Waals surface area (Å²) < 4.78 is 0.541. The molecule has 1 N–H and O–H groups in total. The highest BCUT2D eigenvalue weighted by Gasteiger charge is 2.11. The Morgan fingerprint density at radius 1 is 1.30 bits per heavy atom. The fraction of sp³-hybridized carbons (Fsp3) is 0.0667. The minimum Gasteiger partial charge on any atom is -0.478 e. The molecule has 0 saturated heterocycles. The Morgan fingerprint density at radius 3 is 2.70 bits per heavy atom. The van der Waals surface area contributed by atoms with Gasteiger partial charge in [0.2, 0.25) is 0 Å². The fourth-order valence-corrected chi connectivity index (χ4v) is 3.12. The molecule has 0 aliphatic rings. The van der Waals surface area contributed by atoms with Crippen LogP contribution in [-0.2, 0) is 0 Å². The number of nitrogens with zero attached hydrogens (tertiary/aromatic N) is 1. The van der Waals surface area contributed by atoms with Crippen molar-refractivity contribution in [3.05, 3.63) is 57.6 Å². The Bertz CT molecular complexity index is 722. The largest absolute Gasteiger partial charge is 0.478 e. The second kappa shape index (κ2) is 6.12. The monoisotopic (exact) mass is 347 g/mol. The third-order valence-corrected chi connectivity index (χ3v) is 4.39. The highest BCUT2D eigenvalue weighted by Crippen LogP contribution is 2.33. The molecule has 0 radical (unpaired) electrons. The van der Waals surface area contributed by atoms with Crippen molar-refractivity contribution in [2.75, 3.05) is 0 Å². The number of halogens is 1. The number of benzene rings is 2. The first-order chi connectivity index (χ1) is 9.51. The molecule has 100 valence electrons. The molecular weight excluding hydrogens is 338 g/mol. The van der Waals surface area contributed by atoms with Crippen LogP contribution in [0.4, 0.5) is 0 Å². The van der Waals surface area contributed by atoms with Crippen molar-refractivity contribution in [3.63, 3.8) is 0 Å². The van der Waals surface area contributed by atoms with E-state index in [9.17, 15) is 4.79 Å². The van der Waals surface area contributed by atoms with Gasteiger partial charge in [0.25, 0.3) is 0 Å². The molecule has 0 aliphatic heterocycles. The van der Waals surface area contributed by atoms with Gasteiger partial charge in [-0.25, -0.2) is 4.79 Å². The van der Waals surface area contributed by atoms with Gasteiger partial charge in [0, 0.05) is 14.3 Å². The third-order valence-electron chi connectivity index (χ3n) is 2.65. The van der Waals surface area contributed by atoms with Gasteiger partial charge < -0.3 is 5.11 Å². The molecule has 0 atom stereocenters. The number of carboxylic acids is 1. The average molecular weight is 348 g/mol. The van der Waals surface area contributed by atoms with Gasteiger partial charge in [-0.1, -0.05) is 17.8 Å². The molecule has 0 unspecified atom stereocenters. The first-order valence-corrected chi connectivity index (χ1v) is 7.33. The molecule has 2 aromatic rings. The molecular formula is C15H10BrNO2S. The molecule has 0 aromatic heterocycles. The topological polar surface area (TPSA) is 61.1 Å². The van der Waals surface area contributed by atoms with Crippen LogP contribution in [0.3, 0.4) is 0 Å². The zero-order chi connectivity index (χ0) is 14.7. The van der Waals surface area contributed by atoms with E-state index >= 15 is 0 Å². The Balaban J connectivity index is 2.40. The molecule has 2 aromatic carbocycles.